The number of rotatable bonds is 7. The lowest BCUT2D eigenvalue weighted by atomic mass is 9.73. The molecule has 0 bridgehead atoms. The first-order chi connectivity index (χ1) is 27.2. The number of hydrogen-bond donors (Lipinski definition) is 2. The number of pyridine rings is 1. The van der Waals surface area contributed by atoms with Crippen LogP contribution in [0.2, 0.25) is 0 Å². The van der Waals surface area contributed by atoms with Crippen molar-refractivity contribution in [2.45, 2.75) is 115 Å². The number of carbonyl (C=O) groups excluding carboxylic acids is 3. The van der Waals surface area contributed by atoms with E-state index < -0.39 is 17.2 Å². The van der Waals surface area contributed by atoms with E-state index in [2.05, 4.69) is 46.1 Å². The number of nitrogens with zero attached hydrogens (tertiary/aromatic N) is 6. The molecule has 12 nitrogen and oxygen atoms in total. The van der Waals surface area contributed by atoms with Gasteiger partial charge in [0.15, 0.2) is 5.82 Å². The number of amides is 3. The SMILES string of the molecule is CNC(=O)c1cc(Nc2nc(-c3ccc4c(c3)N([C@H]3C[C@@H](N5CCC[C@@H](F)C5)C3)C(=O)C43CCN(C(=O)OC(C)(C)C)CC3)cc3ncn(C(C)C)c23)ccc1C. The minimum absolute atomic E-state index is 0.00907. The standard InChI is InChI=1S/C44H55FN8O4/c1-26(2)52-25-47-36-23-35(49-39(38(36)52)48-30-12-10-27(3)33(20-30)40(54)46-7)28-11-13-34-37(19-28)53(32-21-31(22-32)51-16-8-9-29(45)24-51)41(55)44(34)14-17-50(18-15-44)42(56)57-43(4,5)6/h10-13,19-20,23,25-26,29,31-32H,8-9,14-18,21-22,24H2,1-7H3,(H,46,54)(H,48,49)/t29-,31-,32+/m1/s1. The van der Waals surface area contributed by atoms with Gasteiger partial charge < -0.3 is 29.7 Å². The van der Waals surface area contributed by atoms with Crippen LogP contribution in [0.1, 0.15) is 101 Å². The Morgan fingerprint density at radius 3 is 2.46 bits per heavy atom. The molecule has 1 spiro atoms. The van der Waals surface area contributed by atoms with Crippen molar-refractivity contribution in [3.63, 3.8) is 0 Å². The van der Waals surface area contributed by atoms with Crippen LogP contribution in [-0.4, -0.2) is 99.3 Å². The Morgan fingerprint density at radius 1 is 1.02 bits per heavy atom. The van der Waals surface area contributed by atoms with Gasteiger partial charge in [-0.3, -0.25) is 14.5 Å². The van der Waals surface area contributed by atoms with Crippen LogP contribution in [0.5, 0.6) is 0 Å². The van der Waals surface area contributed by atoms with E-state index in [1.54, 1.807) is 11.9 Å². The molecule has 3 fully saturated rings. The number of anilines is 3. The molecule has 302 valence electrons. The number of piperidine rings is 2. The number of benzene rings is 2. The highest BCUT2D eigenvalue weighted by Crippen LogP contribution is 2.52. The molecule has 4 aromatic rings. The molecule has 0 unspecified atom stereocenters. The van der Waals surface area contributed by atoms with Crippen LogP contribution in [0.15, 0.2) is 48.8 Å². The molecule has 3 amide bonds. The van der Waals surface area contributed by atoms with Gasteiger partial charge in [0, 0.05) is 67.3 Å². The number of likely N-dealkylation sites (tertiary alicyclic amines) is 2. The third-order valence-electron chi connectivity index (χ3n) is 12.4. The van der Waals surface area contributed by atoms with E-state index in [-0.39, 0.29) is 36.0 Å². The molecule has 5 heterocycles. The minimum Gasteiger partial charge on any atom is -0.444 e. The summed E-state index contributed by atoms with van der Waals surface area (Å²) in [6, 6.07) is 14.3. The Labute approximate surface area is 334 Å². The molecule has 2 aromatic heterocycles. The monoisotopic (exact) mass is 778 g/mol. The van der Waals surface area contributed by atoms with E-state index in [1.165, 1.54) is 0 Å². The number of hydrogen-bond acceptors (Lipinski definition) is 8. The van der Waals surface area contributed by atoms with Gasteiger partial charge in [-0.15, -0.1) is 0 Å². The molecule has 1 atom stereocenters. The molecule has 13 heteroatoms. The van der Waals surface area contributed by atoms with Crippen LogP contribution in [0.3, 0.4) is 0 Å². The Hall–Kier alpha value is -5.04. The number of imidazole rings is 1. The number of aryl methyl sites for hydroxylation is 1. The number of nitrogens with one attached hydrogen (secondary N) is 2. The summed E-state index contributed by atoms with van der Waals surface area (Å²) in [4.78, 5) is 56.7. The van der Waals surface area contributed by atoms with E-state index in [0.29, 0.717) is 56.0 Å². The molecule has 1 aliphatic carbocycles. The first kappa shape index (κ1) is 38.8. The van der Waals surface area contributed by atoms with Crippen molar-refractivity contribution >= 4 is 46.1 Å². The van der Waals surface area contributed by atoms with E-state index in [9.17, 15) is 18.8 Å². The average Bonchev–Trinajstić information content (AvgIpc) is 3.69. The van der Waals surface area contributed by atoms with Crippen molar-refractivity contribution < 1.29 is 23.5 Å². The fraction of sp³-hybridized carbons (Fsp3) is 0.523. The Morgan fingerprint density at radius 2 is 1.77 bits per heavy atom. The third kappa shape index (κ3) is 7.12. The van der Waals surface area contributed by atoms with E-state index in [1.807, 2.05) is 69.3 Å². The Kier molecular flexibility index (Phi) is 10.0. The smallest absolute Gasteiger partial charge is 0.410 e. The number of ether oxygens (including phenoxy) is 1. The highest BCUT2D eigenvalue weighted by Gasteiger charge is 2.56. The van der Waals surface area contributed by atoms with Gasteiger partial charge in [-0.1, -0.05) is 18.2 Å². The number of fused-ring (bicyclic) bond motifs is 3. The summed E-state index contributed by atoms with van der Waals surface area (Å²) >= 11 is 0. The van der Waals surface area contributed by atoms with Gasteiger partial charge in [-0.2, -0.15) is 0 Å². The quantitative estimate of drug-likeness (QED) is 0.196. The highest BCUT2D eigenvalue weighted by molar-refractivity contribution is 6.09. The second-order valence-corrected chi connectivity index (χ2v) is 17.7. The maximum atomic E-state index is 14.9. The molecule has 2 aromatic carbocycles. The summed E-state index contributed by atoms with van der Waals surface area (Å²) in [6.07, 6.45) is 4.74. The van der Waals surface area contributed by atoms with Crippen LogP contribution in [0.4, 0.5) is 26.4 Å². The first-order valence-corrected chi connectivity index (χ1v) is 20.5. The molecule has 57 heavy (non-hydrogen) atoms. The predicted octanol–water partition coefficient (Wildman–Crippen LogP) is 7.67. The fourth-order valence-electron chi connectivity index (χ4n) is 9.25. The molecule has 2 saturated heterocycles. The molecule has 8 rings (SSSR count). The lowest BCUT2D eigenvalue weighted by Gasteiger charge is -2.48. The van der Waals surface area contributed by atoms with E-state index >= 15 is 0 Å². The third-order valence-corrected chi connectivity index (χ3v) is 12.4. The summed E-state index contributed by atoms with van der Waals surface area (Å²) < 4.78 is 22.2. The van der Waals surface area contributed by atoms with Gasteiger partial charge in [-0.05, 0) is 122 Å². The van der Waals surface area contributed by atoms with Gasteiger partial charge in [0.05, 0.1) is 23.0 Å². The summed E-state index contributed by atoms with van der Waals surface area (Å²) in [5.41, 5.74) is 5.81. The summed E-state index contributed by atoms with van der Waals surface area (Å²) in [7, 11) is 1.62. The second-order valence-electron chi connectivity index (χ2n) is 17.7. The predicted molar refractivity (Wildman–Crippen MR) is 220 cm³/mol. The van der Waals surface area contributed by atoms with Crippen molar-refractivity contribution in [3.8, 4) is 11.3 Å². The molecule has 4 aliphatic rings. The van der Waals surface area contributed by atoms with Crippen LogP contribution in [-0.2, 0) is 14.9 Å². The molecule has 1 saturated carbocycles. The number of aromatic nitrogens is 3. The highest BCUT2D eigenvalue weighted by atomic mass is 19.1. The zero-order valence-electron chi connectivity index (χ0n) is 34.2. The molecule has 2 N–H and O–H groups in total. The Bertz CT molecular complexity index is 2220. The summed E-state index contributed by atoms with van der Waals surface area (Å²) in [5.74, 6) is 0.520. The number of alkyl halides is 1. The minimum atomic E-state index is -0.798. The van der Waals surface area contributed by atoms with Gasteiger partial charge in [-0.25, -0.2) is 19.2 Å². The lowest BCUT2D eigenvalue weighted by Crippen LogP contribution is -2.59. The van der Waals surface area contributed by atoms with E-state index in [0.717, 1.165) is 64.9 Å². The van der Waals surface area contributed by atoms with Gasteiger partial charge in [0.2, 0.25) is 5.91 Å². The number of carbonyl (C=O) groups is 3. The van der Waals surface area contributed by atoms with Crippen LogP contribution in [0.25, 0.3) is 22.3 Å². The average molecular weight is 779 g/mol. The topological polar surface area (TPSA) is 125 Å². The maximum Gasteiger partial charge on any atom is 0.410 e. The Balaban J connectivity index is 1.16. The summed E-state index contributed by atoms with van der Waals surface area (Å²) in [6.45, 7) is 13.9. The molecular weight excluding hydrogens is 724 g/mol. The van der Waals surface area contributed by atoms with Gasteiger partial charge in [0.1, 0.15) is 17.3 Å². The normalized spacial score (nSPS) is 22.2. The number of halogens is 1. The van der Waals surface area contributed by atoms with Crippen LogP contribution in [0, 0.1) is 6.92 Å². The van der Waals surface area contributed by atoms with Gasteiger partial charge >= 0.3 is 6.09 Å². The zero-order valence-corrected chi connectivity index (χ0v) is 34.2. The van der Waals surface area contributed by atoms with Crippen molar-refractivity contribution in [3.05, 3.63) is 65.5 Å². The van der Waals surface area contributed by atoms with E-state index in [4.69, 9.17) is 14.7 Å². The van der Waals surface area contributed by atoms with Crippen molar-refractivity contribution in [2.24, 2.45) is 0 Å². The maximum absolute atomic E-state index is 14.9. The van der Waals surface area contributed by atoms with Crippen LogP contribution < -0.4 is 15.5 Å². The molecule has 3 aliphatic heterocycles. The van der Waals surface area contributed by atoms with Crippen molar-refractivity contribution in [1.82, 2.24) is 29.7 Å². The molecule has 0 radical (unpaired) electrons. The lowest BCUT2D eigenvalue weighted by molar-refractivity contribution is -0.126. The van der Waals surface area contributed by atoms with Crippen molar-refractivity contribution in [1.29, 1.82) is 0 Å². The van der Waals surface area contributed by atoms with Crippen molar-refractivity contribution in [2.75, 3.05) is 43.4 Å². The summed E-state index contributed by atoms with van der Waals surface area (Å²) in [5, 5.41) is 6.24. The first-order valence-electron chi connectivity index (χ1n) is 20.5. The van der Waals surface area contributed by atoms with Crippen LogP contribution >= 0.6 is 0 Å². The van der Waals surface area contributed by atoms with Gasteiger partial charge in [0.25, 0.3) is 5.91 Å². The second kappa shape index (κ2) is 14.7. The molecular formula is C44H55FN8O4. The largest absolute Gasteiger partial charge is 0.444 e. The fourth-order valence-corrected chi connectivity index (χ4v) is 9.25. The zero-order chi connectivity index (χ0) is 40.4.